The van der Waals surface area contributed by atoms with Crippen LogP contribution in [0.3, 0.4) is 0 Å². The van der Waals surface area contributed by atoms with Crippen molar-refractivity contribution in [3.8, 4) is 0 Å². The van der Waals surface area contributed by atoms with Crippen LogP contribution in [0.5, 0.6) is 0 Å². The molecule has 0 saturated heterocycles. The van der Waals surface area contributed by atoms with E-state index in [0.717, 1.165) is 24.0 Å². The number of aliphatic hydroxyl groups excluding tert-OH is 1. The molecule has 0 spiro atoms. The molecule has 1 saturated carbocycles. The molecule has 0 unspecified atom stereocenters. The fraction of sp³-hybridized carbons (Fsp3) is 0.333. The van der Waals surface area contributed by atoms with Crippen LogP contribution in [0.2, 0.25) is 0 Å². The molecule has 1 fully saturated rings. The molecule has 0 aromatic heterocycles. The standard InChI is InChI=1S/C18H21NO3S/c20-18(16-9-5-2-6-10-16)13-19(17-11-12-17)23(21,22)14-15-7-3-1-4-8-15/h1-10,17-18,20H,11-14H2/t18-/m0/s1. The smallest absolute Gasteiger partial charge is 0.218 e. The van der Waals surface area contributed by atoms with Crippen molar-refractivity contribution < 1.29 is 13.5 Å². The second kappa shape index (κ2) is 6.83. The molecule has 0 bridgehead atoms. The molecule has 0 aliphatic heterocycles. The molecule has 2 aromatic rings. The van der Waals surface area contributed by atoms with Crippen LogP contribution < -0.4 is 0 Å². The first kappa shape index (κ1) is 16.2. The minimum Gasteiger partial charge on any atom is -0.387 e. The van der Waals surface area contributed by atoms with Gasteiger partial charge in [0.25, 0.3) is 0 Å². The van der Waals surface area contributed by atoms with E-state index in [1.54, 1.807) is 0 Å². The Morgan fingerprint density at radius 2 is 1.57 bits per heavy atom. The van der Waals surface area contributed by atoms with Gasteiger partial charge in [0.15, 0.2) is 0 Å². The first-order valence-electron chi connectivity index (χ1n) is 7.83. The summed E-state index contributed by atoms with van der Waals surface area (Å²) in [5, 5.41) is 10.4. The third-order valence-corrected chi connectivity index (χ3v) is 5.90. The highest BCUT2D eigenvalue weighted by molar-refractivity contribution is 7.88. The summed E-state index contributed by atoms with van der Waals surface area (Å²) in [5.41, 5.74) is 1.51. The zero-order valence-electron chi connectivity index (χ0n) is 12.9. The second-order valence-electron chi connectivity index (χ2n) is 5.97. The molecular weight excluding hydrogens is 310 g/mol. The van der Waals surface area contributed by atoms with Gasteiger partial charge in [-0.05, 0) is 24.0 Å². The summed E-state index contributed by atoms with van der Waals surface area (Å²) in [7, 11) is -3.44. The number of hydrogen-bond acceptors (Lipinski definition) is 3. The van der Waals surface area contributed by atoms with Gasteiger partial charge in [-0.15, -0.1) is 0 Å². The van der Waals surface area contributed by atoms with Gasteiger partial charge in [-0.3, -0.25) is 0 Å². The monoisotopic (exact) mass is 331 g/mol. The Labute approximate surface area is 137 Å². The minimum absolute atomic E-state index is 0.0220. The van der Waals surface area contributed by atoms with Crippen LogP contribution in [0.1, 0.15) is 30.1 Å². The molecular formula is C18H21NO3S. The zero-order chi connectivity index (χ0) is 16.3. The van der Waals surface area contributed by atoms with Crippen LogP contribution in [0.25, 0.3) is 0 Å². The summed E-state index contributed by atoms with van der Waals surface area (Å²) in [6.07, 6.45) is 0.938. The summed E-state index contributed by atoms with van der Waals surface area (Å²) < 4.78 is 27.0. The SMILES string of the molecule is O=S(=O)(Cc1ccccc1)N(C[C@H](O)c1ccccc1)C1CC1. The van der Waals surface area contributed by atoms with Gasteiger partial charge in [0.05, 0.1) is 11.9 Å². The van der Waals surface area contributed by atoms with E-state index in [9.17, 15) is 13.5 Å². The predicted molar refractivity (Wildman–Crippen MR) is 90.2 cm³/mol. The van der Waals surface area contributed by atoms with E-state index in [1.807, 2.05) is 60.7 Å². The Morgan fingerprint density at radius 3 is 2.13 bits per heavy atom. The molecule has 122 valence electrons. The summed E-state index contributed by atoms with van der Waals surface area (Å²) >= 11 is 0. The fourth-order valence-corrected chi connectivity index (χ4v) is 4.48. The summed E-state index contributed by atoms with van der Waals surface area (Å²) in [5.74, 6) is -0.0220. The van der Waals surface area contributed by atoms with E-state index in [2.05, 4.69) is 0 Å². The van der Waals surface area contributed by atoms with E-state index < -0.39 is 16.1 Å². The average molecular weight is 331 g/mol. The normalized spacial score (nSPS) is 16.4. The molecule has 1 aliphatic carbocycles. The van der Waals surface area contributed by atoms with Gasteiger partial charge in [-0.25, -0.2) is 8.42 Å². The maximum Gasteiger partial charge on any atom is 0.218 e. The number of hydrogen-bond donors (Lipinski definition) is 1. The zero-order valence-corrected chi connectivity index (χ0v) is 13.7. The largest absolute Gasteiger partial charge is 0.387 e. The molecule has 1 atom stereocenters. The van der Waals surface area contributed by atoms with Crippen molar-refractivity contribution in [2.24, 2.45) is 0 Å². The lowest BCUT2D eigenvalue weighted by Gasteiger charge is -2.25. The first-order valence-corrected chi connectivity index (χ1v) is 9.43. The van der Waals surface area contributed by atoms with Gasteiger partial charge in [0.2, 0.25) is 10.0 Å². The van der Waals surface area contributed by atoms with Crippen LogP contribution in [0.4, 0.5) is 0 Å². The third-order valence-electron chi connectivity index (χ3n) is 4.04. The Morgan fingerprint density at radius 1 is 1.00 bits per heavy atom. The van der Waals surface area contributed by atoms with Crippen LogP contribution in [-0.4, -0.2) is 30.4 Å². The molecule has 23 heavy (non-hydrogen) atoms. The van der Waals surface area contributed by atoms with E-state index in [-0.39, 0.29) is 18.3 Å². The lowest BCUT2D eigenvalue weighted by molar-refractivity contribution is 0.145. The molecule has 5 heteroatoms. The van der Waals surface area contributed by atoms with Gasteiger partial charge in [0.1, 0.15) is 0 Å². The second-order valence-corrected chi connectivity index (χ2v) is 7.89. The lowest BCUT2D eigenvalue weighted by Crippen LogP contribution is -2.37. The average Bonchev–Trinajstić information content (AvgIpc) is 3.38. The van der Waals surface area contributed by atoms with Crippen LogP contribution >= 0.6 is 0 Å². The minimum atomic E-state index is -3.44. The van der Waals surface area contributed by atoms with Crippen LogP contribution in [0.15, 0.2) is 60.7 Å². The lowest BCUT2D eigenvalue weighted by atomic mass is 10.1. The molecule has 3 rings (SSSR count). The number of nitrogens with zero attached hydrogens (tertiary/aromatic N) is 1. The Kier molecular flexibility index (Phi) is 4.80. The van der Waals surface area contributed by atoms with Gasteiger partial charge < -0.3 is 5.11 Å². The van der Waals surface area contributed by atoms with Gasteiger partial charge in [-0.1, -0.05) is 60.7 Å². The Balaban J connectivity index is 1.76. The number of benzene rings is 2. The molecule has 1 N–H and O–H groups in total. The van der Waals surface area contributed by atoms with Crippen molar-refractivity contribution >= 4 is 10.0 Å². The summed E-state index contributed by atoms with van der Waals surface area (Å²) in [4.78, 5) is 0. The quantitative estimate of drug-likeness (QED) is 0.849. The van der Waals surface area contributed by atoms with Gasteiger partial charge in [-0.2, -0.15) is 4.31 Å². The predicted octanol–water partition coefficient (Wildman–Crippen LogP) is 2.71. The third kappa shape index (κ3) is 4.19. The molecule has 2 aromatic carbocycles. The van der Waals surface area contributed by atoms with E-state index in [0.29, 0.717) is 0 Å². The highest BCUT2D eigenvalue weighted by atomic mass is 32.2. The summed E-state index contributed by atoms with van der Waals surface area (Å²) in [6, 6.07) is 18.4. The number of sulfonamides is 1. The number of aliphatic hydroxyl groups is 1. The first-order chi connectivity index (χ1) is 11.1. The molecule has 4 nitrogen and oxygen atoms in total. The van der Waals surface area contributed by atoms with Gasteiger partial charge in [0, 0.05) is 12.6 Å². The maximum absolute atomic E-state index is 12.8. The van der Waals surface area contributed by atoms with Crippen molar-refractivity contribution in [1.82, 2.24) is 4.31 Å². The van der Waals surface area contributed by atoms with Crippen molar-refractivity contribution in [2.75, 3.05) is 6.54 Å². The molecule has 0 heterocycles. The van der Waals surface area contributed by atoms with Crippen molar-refractivity contribution in [3.63, 3.8) is 0 Å². The number of rotatable bonds is 7. The van der Waals surface area contributed by atoms with Crippen molar-refractivity contribution in [2.45, 2.75) is 30.7 Å². The van der Waals surface area contributed by atoms with Crippen LogP contribution in [0, 0.1) is 0 Å². The Bertz CT molecular complexity index is 727. The Hall–Kier alpha value is -1.69. The van der Waals surface area contributed by atoms with E-state index in [1.165, 1.54) is 4.31 Å². The highest BCUT2D eigenvalue weighted by Gasteiger charge is 2.38. The molecule has 0 radical (unpaired) electrons. The van der Waals surface area contributed by atoms with E-state index in [4.69, 9.17) is 0 Å². The van der Waals surface area contributed by atoms with Crippen LogP contribution in [-0.2, 0) is 15.8 Å². The van der Waals surface area contributed by atoms with Crippen molar-refractivity contribution in [1.29, 1.82) is 0 Å². The van der Waals surface area contributed by atoms with Crippen molar-refractivity contribution in [3.05, 3.63) is 71.8 Å². The topological polar surface area (TPSA) is 57.6 Å². The molecule has 0 amide bonds. The fourth-order valence-electron chi connectivity index (χ4n) is 2.67. The highest BCUT2D eigenvalue weighted by Crippen LogP contribution is 2.32. The maximum atomic E-state index is 12.8. The summed E-state index contributed by atoms with van der Waals surface area (Å²) in [6.45, 7) is 0.115. The van der Waals surface area contributed by atoms with Gasteiger partial charge >= 0.3 is 0 Å². The van der Waals surface area contributed by atoms with E-state index >= 15 is 0 Å². The molecule has 1 aliphatic rings.